The van der Waals surface area contributed by atoms with Gasteiger partial charge in [0.25, 0.3) is 0 Å². The molecule has 0 N–H and O–H groups in total. The zero-order valence-electron chi connectivity index (χ0n) is 7.59. The van der Waals surface area contributed by atoms with Crippen molar-refractivity contribution in [2.75, 3.05) is 0 Å². The number of ether oxygens (including phenoxy) is 1. The Bertz CT molecular complexity index is 310. The second-order valence-corrected chi connectivity index (χ2v) is 3.66. The number of aryl methyl sites for hydroxylation is 1. The van der Waals surface area contributed by atoms with Crippen molar-refractivity contribution in [3.05, 3.63) is 23.0 Å². The van der Waals surface area contributed by atoms with Crippen LogP contribution in [0.3, 0.4) is 0 Å². The molecule has 1 aliphatic carbocycles. The number of halogens is 1. The van der Waals surface area contributed by atoms with Crippen molar-refractivity contribution in [1.82, 2.24) is 4.98 Å². The van der Waals surface area contributed by atoms with Gasteiger partial charge in [0.2, 0.25) is 0 Å². The van der Waals surface area contributed by atoms with E-state index in [0.717, 1.165) is 25.0 Å². The molecule has 0 amide bonds. The van der Waals surface area contributed by atoms with Crippen molar-refractivity contribution < 1.29 is 4.74 Å². The van der Waals surface area contributed by atoms with Crippen molar-refractivity contribution in [2.45, 2.75) is 32.3 Å². The molecule has 70 valence electrons. The molecule has 0 radical (unpaired) electrons. The molecule has 1 saturated carbocycles. The van der Waals surface area contributed by atoms with Crippen LogP contribution in [0.4, 0.5) is 0 Å². The van der Waals surface area contributed by atoms with Crippen LogP contribution in [-0.2, 0) is 6.42 Å². The van der Waals surface area contributed by atoms with E-state index in [1.807, 2.05) is 6.07 Å². The van der Waals surface area contributed by atoms with Gasteiger partial charge in [0, 0.05) is 6.20 Å². The zero-order valence-corrected chi connectivity index (χ0v) is 8.34. The Morgan fingerprint density at radius 3 is 3.00 bits per heavy atom. The van der Waals surface area contributed by atoms with Crippen molar-refractivity contribution in [3.8, 4) is 5.75 Å². The Kier molecular flexibility index (Phi) is 2.40. The monoisotopic (exact) mass is 197 g/mol. The topological polar surface area (TPSA) is 22.1 Å². The van der Waals surface area contributed by atoms with E-state index >= 15 is 0 Å². The van der Waals surface area contributed by atoms with E-state index < -0.39 is 0 Å². The van der Waals surface area contributed by atoms with Gasteiger partial charge in [0.05, 0.1) is 6.10 Å². The second-order valence-electron chi connectivity index (χ2n) is 3.30. The van der Waals surface area contributed by atoms with Crippen LogP contribution in [0.2, 0.25) is 5.15 Å². The van der Waals surface area contributed by atoms with Crippen LogP contribution in [0.15, 0.2) is 12.3 Å². The number of hydrogen-bond donors (Lipinski definition) is 0. The Labute approximate surface area is 82.9 Å². The lowest BCUT2D eigenvalue weighted by Crippen LogP contribution is -1.98. The summed E-state index contributed by atoms with van der Waals surface area (Å²) < 4.78 is 5.60. The smallest absolute Gasteiger partial charge is 0.171 e. The van der Waals surface area contributed by atoms with Crippen LogP contribution in [0.5, 0.6) is 5.75 Å². The van der Waals surface area contributed by atoms with Crippen LogP contribution < -0.4 is 4.74 Å². The summed E-state index contributed by atoms with van der Waals surface area (Å²) in [5.41, 5.74) is 1.17. The van der Waals surface area contributed by atoms with Gasteiger partial charge in [-0.25, -0.2) is 4.98 Å². The highest BCUT2D eigenvalue weighted by molar-refractivity contribution is 6.30. The van der Waals surface area contributed by atoms with Gasteiger partial charge in [0.15, 0.2) is 10.9 Å². The first-order valence-corrected chi connectivity index (χ1v) is 4.98. The lowest BCUT2D eigenvalue weighted by atomic mass is 10.2. The van der Waals surface area contributed by atoms with Gasteiger partial charge in [-0.2, -0.15) is 0 Å². The largest absolute Gasteiger partial charge is 0.487 e. The summed E-state index contributed by atoms with van der Waals surface area (Å²) in [6.07, 6.45) is 5.43. The number of hydrogen-bond acceptors (Lipinski definition) is 2. The van der Waals surface area contributed by atoms with Gasteiger partial charge in [-0.15, -0.1) is 0 Å². The standard InChI is InChI=1S/C10H12ClNO/c1-2-7-5-9(10(11)12-6-7)13-8-3-4-8/h5-6,8H,2-4H2,1H3. The molecule has 3 heteroatoms. The van der Waals surface area contributed by atoms with Crippen LogP contribution >= 0.6 is 11.6 Å². The second kappa shape index (κ2) is 3.54. The predicted octanol–water partition coefficient (Wildman–Crippen LogP) is 2.84. The molecular weight excluding hydrogens is 186 g/mol. The third-order valence-electron chi connectivity index (χ3n) is 2.09. The highest BCUT2D eigenvalue weighted by Gasteiger charge is 2.24. The molecule has 1 aromatic rings. The summed E-state index contributed by atoms with van der Waals surface area (Å²) in [5.74, 6) is 0.739. The fourth-order valence-corrected chi connectivity index (χ4v) is 1.26. The van der Waals surface area contributed by atoms with Crippen molar-refractivity contribution in [2.24, 2.45) is 0 Å². The molecule has 1 heterocycles. The van der Waals surface area contributed by atoms with E-state index in [9.17, 15) is 0 Å². The van der Waals surface area contributed by atoms with Crippen molar-refractivity contribution in [3.63, 3.8) is 0 Å². The minimum Gasteiger partial charge on any atom is -0.487 e. The molecule has 0 aliphatic heterocycles. The van der Waals surface area contributed by atoms with Crippen LogP contribution in [-0.4, -0.2) is 11.1 Å². The maximum absolute atomic E-state index is 5.89. The maximum Gasteiger partial charge on any atom is 0.171 e. The number of pyridine rings is 1. The number of nitrogens with zero attached hydrogens (tertiary/aromatic N) is 1. The fourth-order valence-electron chi connectivity index (χ4n) is 1.11. The van der Waals surface area contributed by atoms with E-state index in [0.29, 0.717) is 11.3 Å². The Morgan fingerprint density at radius 1 is 1.62 bits per heavy atom. The lowest BCUT2D eigenvalue weighted by Gasteiger charge is -2.06. The van der Waals surface area contributed by atoms with Gasteiger partial charge in [-0.3, -0.25) is 0 Å². The molecule has 0 unspecified atom stereocenters. The molecule has 0 bridgehead atoms. The average molecular weight is 198 g/mol. The van der Waals surface area contributed by atoms with Gasteiger partial charge in [-0.05, 0) is 30.9 Å². The van der Waals surface area contributed by atoms with Crippen molar-refractivity contribution in [1.29, 1.82) is 0 Å². The minimum absolute atomic E-state index is 0.381. The number of aromatic nitrogens is 1. The van der Waals surface area contributed by atoms with Crippen molar-refractivity contribution >= 4 is 11.6 Å². The zero-order chi connectivity index (χ0) is 9.26. The molecule has 0 spiro atoms. The van der Waals surface area contributed by atoms with E-state index in [-0.39, 0.29) is 0 Å². The molecule has 1 aliphatic rings. The summed E-state index contributed by atoms with van der Waals surface area (Å²) >= 11 is 5.89. The Morgan fingerprint density at radius 2 is 2.38 bits per heavy atom. The molecule has 0 atom stereocenters. The third-order valence-corrected chi connectivity index (χ3v) is 2.37. The lowest BCUT2D eigenvalue weighted by molar-refractivity contribution is 0.302. The quantitative estimate of drug-likeness (QED) is 0.696. The van der Waals surface area contributed by atoms with E-state index in [1.165, 1.54) is 5.56 Å². The summed E-state index contributed by atoms with van der Waals surface area (Å²) in [6, 6.07) is 1.98. The molecule has 13 heavy (non-hydrogen) atoms. The molecule has 0 aromatic carbocycles. The fraction of sp³-hybridized carbons (Fsp3) is 0.500. The van der Waals surface area contributed by atoms with Gasteiger partial charge < -0.3 is 4.74 Å². The van der Waals surface area contributed by atoms with Gasteiger partial charge in [0.1, 0.15) is 0 Å². The van der Waals surface area contributed by atoms with Gasteiger partial charge >= 0.3 is 0 Å². The maximum atomic E-state index is 5.89. The van der Waals surface area contributed by atoms with E-state index in [1.54, 1.807) is 6.20 Å². The Hall–Kier alpha value is -0.760. The third kappa shape index (κ3) is 2.13. The summed E-state index contributed by atoms with van der Waals surface area (Å²) in [6.45, 7) is 2.09. The molecule has 1 fully saturated rings. The Balaban J connectivity index is 2.19. The average Bonchev–Trinajstić information content (AvgIpc) is 2.93. The van der Waals surface area contributed by atoms with Crippen LogP contribution in [0.25, 0.3) is 0 Å². The summed E-state index contributed by atoms with van der Waals surface area (Å²) in [4.78, 5) is 4.07. The molecular formula is C10H12ClNO. The SMILES string of the molecule is CCc1cnc(Cl)c(OC2CC2)c1. The van der Waals surface area contributed by atoms with Gasteiger partial charge in [-0.1, -0.05) is 18.5 Å². The van der Waals surface area contributed by atoms with E-state index in [2.05, 4.69) is 11.9 Å². The van der Waals surface area contributed by atoms with Crippen LogP contribution in [0.1, 0.15) is 25.3 Å². The highest BCUT2D eigenvalue weighted by atomic mass is 35.5. The normalized spacial score (nSPS) is 15.8. The summed E-state index contributed by atoms with van der Waals surface area (Å²) in [5, 5.41) is 0.476. The highest BCUT2D eigenvalue weighted by Crippen LogP contribution is 2.31. The summed E-state index contributed by atoms with van der Waals surface area (Å²) in [7, 11) is 0. The minimum atomic E-state index is 0.381. The van der Waals surface area contributed by atoms with E-state index in [4.69, 9.17) is 16.3 Å². The molecule has 1 aromatic heterocycles. The predicted molar refractivity (Wildman–Crippen MR) is 52.3 cm³/mol. The first kappa shape index (κ1) is 8.82. The van der Waals surface area contributed by atoms with Crippen LogP contribution in [0, 0.1) is 0 Å². The first-order valence-electron chi connectivity index (χ1n) is 4.60. The number of rotatable bonds is 3. The molecule has 0 saturated heterocycles. The molecule has 2 nitrogen and oxygen atoms in total. The first-order chi connectivity index (χ1) is 6.29. The molecule has 2 rings (SSSR count).